The molecule has 1 amide bonds. The van der Waals surface area contributed by atoms with Crippen LogP contribution in [0.4, 0.5) is 0 Å². The van der Waals surface area contributed by atoms with Gasteiger partial charge in [-0.15, -0.1) is 12.6 Å². The zero-order chi connectivity index (χ0) is 11.5. The van der Waals surface area contributed by atoms with Crippen molar-refractivity contribution in [2.75, 3.05) is 13.1 Å². The number of aliphatic hydroxyl groups excluding tert-OH is 1. The van der Waals surface area contributed by atoms with Crippen LogP contribution in [-0.2, 0) is 0 Å². The van der Waals surface area contributed by atoms with Crippen molar-refractivity contribution in [3.8, 4) is 0 Å². The average molecular weight is 237 g/mol. The number of nitrogens with zero attached hydrogens (tertiary/aromatic N) is 1. The van der Waals surface area contributed by atoms with Gasteiger partial charge in [0.2, 0.25) is 0 Å². The van der Waals surface area contributed by atoms with Crippen LogP contribution < -0.4 is 0 Å². The summed E-state index contributed by atoms with van der Waals surface area (Å²) in [5.41, 5.74) is 0.640. The molecule has 4 heteroatoms. The first-order valence-electron chi connectivity index (χ1n) is 5.43. The highest BCUT2D eigenvalue weighted by Crippen LogP contribution is 2.15. The SMILES string of the molecule is O=C(c1cccc(S)c1)N1CCCC(O)C1. The van der Waals surface area contributed by atoms with Gasteiger partial charge in [-0.05, 0) is 31.0 Å². The van der Waals surface area contributed by atoms with Gasteiger partial charge in [-0.2, -0.15) is 0 Å². The second-order valence-corrected chi connectivity index (χ2v) is 4.61. The largest absolute Gasteiger partial charge is 0.391 e. The Morgan fingerprint density at radius 1 is 1.50 bits per heavy atom. The lowest BCUT2D eigenvalue weighted by atomic mass is 10.1. The van der Waals surface area contributed by atoms with Crippen molar-refractivity contribution >= 4 is 18.5 Å². The fourth-order valence-electron chi connectivity index (χ4n) is 1.96. The Bertz CT molecular complexity index is 394. The Balaban J connectivity index is 2.12. The second-order valence-electron chi connectivity index (χ2n) is 4.10. The molecule has 0 saturated carbocycles. The molecule has 1 aliphatic heterocycles. The molecule has 0 bridgehead atoms. The Morgan fingerprint density at radius 3 is 3.00 bits per heavy atom. The first kappa shape index (κ1) is 11.5. The lowest BCUT2D eigenvalue weighted by Gasteiger charge is -2.30. The van der Waals surface area contributed by atoms with Gasteiger partial charge in [0.15, 0.2) is 0 Å². The lowest BCUT2D eigenvalue weighted by Crippen LogP contribution is -2.42. The predicted molar refractivity (Wildman–Crippen MR) is 64.8 cm³/mol. The average Bonchev–Trinajstić information content (AvgIpc) is 2.28. The molecule has 1 N–H and O–H groups in total. The van der Waals surface area contributed by atoms with Gasteiger partial charge in [0.1, 0.15) is 0 Å². The third kappa shape index (κ3) is 2.57. The number of hydrogen-bond acceptors (Lipinski definition) is 3. The van der Waals surface area contributed by atoms with Crippen LogP contribution in [0, 0.1) is 0 Å². The molecule has 0 radical (unpaired) electrons. The molecule has 1 saturated heterocycles. The van der Waals surface area contributed by atoms with Crippen LogP contribution in [0.2, 0.25) is 0 Å². The summed E-state index contributed by atoms with van der Waals surface area (Å²) in [4.78, 5) is 14.6. The second kappa shape index (κ2) is 4.89. The molecule has 1 unspecified atom stereocenters. The van der Waals surface area contributed by atoms with Gasteiger partial charge in [0.05, 0.1) is 6.10 Å². The van der Waals surface area contributed by atoms with Crippen molar-refractivity contribution in [1.82, 2.24) is 4.90 Å². The first-order chi connectivity index (χ1) is 7.66. The van der Waals surface area contributed by atoms with E-state index in [0.717, 1.165) is 24.3 Å². The highest BCUT2D eigenvalue weighted by atomic mass is 32.1. The molecule has 3 nitrogen and oxygen atoms in total. The molecular formula is C12H15NO2S. The number of hydrogen-bond donors (Lipinski definition) is 2. The molecule has 16 heavy (non-hydrogen) atoms. The van der Waals surface area contributed by atoms with Crippen LogP contribution in [0.3, 0.4) is 0 Å². The number of aliphatic hydroxyl groups is 1. The van der Waals surface area contributed by atoms with E-state index in [1.54, 1.807) is 17.0 Å². The van der Waals surface area contributed by atoms with E-state index in [0.29, 0.717) is 12.1 Å². The topological polar surface area (TPSA) is 40.5 Å². The van der Waals surface area contributed by atoms with Crippen LogP contribution in [0.25, 0.3) is 0 Å². The number of likely N-dealkylation sites (tertiary alicyclic amines) is 1. The number of carbonyl (C=O) groups is 1. The Hall–Kier alpha value is -1.00. The Morgan fingerprint density at radius 2 is 2.31 bits per heavy atom. The molecule has 1 aromatic carbocycles. The van der Waals surface area contributed by atoms with E-state index in [4.69, 9.17) is 0 Å². The van der Waals surface area contributed by atoms with Gasteiger partial charge in [-0.25, -0.2) is 0 Å². The summed E-state index contributed by atoms with van der Waals surface area (Å²) in [5.74, 6) is -0.0188. The third-order valence-corrected chi connectivity index (χ3v) is 3.06. The van der Waals surface area contributed by atoms with E-state index in [9.17, 15) is 9.90 Å². The molecule has 0 aromatic heterocycles. The normalized spacial score (nSPS) is 20.9. The van der Waals surface area contributed by atoms with Crippen molar-refractivity contribution in [3.05, 3.63) is 29.8 Å². The smallest absolute Gasteiger partial charge is 0.253 e. The maximum atomic E-state index is 12.1. The molecular weight excluding hydrogens is 222 g/mol. The highest BCUT2D eigenvalue weighted by Gasteiger charge is 2.22. The van der Waals surface area contributed by atoms with Crippen LogP contribution >= 0.6 is 12.6 Å². The monoisotopic (exact) mass is 237 g/mol. The molecule has 1 aromatic rings. The zero-order valence-corrected chi connectivity index (χ0v) is 9.86. The molecule has 1 atom stereocenters. The van der Waals surface area contributed by atoms with Gasteiger partial charge >= 0.3 is 0 Å². The van der Waals surface area contributed by atoms with Crippen LogP contribution in [0.5, 0.6) is 0 Å². The molecule has 1 aliphatic rings. The number of amides is 1. The predicted octanol–water partition coefficient (Wildman–Crippen LogP) is 1.57. The fraction of sp³-hybridized carbons (Fsp3) is 0.417. The van der Waals surface area contributed by atoms with E-state index in [1.807, 2.05) is 12.1 Å². The summed E-state index contributed by atoms with van der Waals surface area (Å²) in [7, 11) is 0. The summed E-state index contributed by atoms with van der Waals surface area (Å²) >= 11 is 4.21. The molecule has 0 aliphatic carbocycles. The summed E-state index contributed by atoms with van der Waals surface area (Å²) < 4.78 is 0. The summed E-state index contributed by atoms with van der Waals surface area (Å²) in [6.07, 6.45) is 1.28. The lowest BCUT2D eigenvalue weighted by molar-refractivity contribution is 0.0473. The van der Waals surface area contributed by atoms with Crippen molar-refractivity contribution in [3.63, 3.8) is 0 Å². The number of carbonyl (C=O) groups excluding carboxylic acids is 1. The number of benzene rings is 1. The maximum absolute atomic E-state index is 12.1. The van der Waals surface area contributed by atoms with Crippen LogP contribution in [0.1, 0.15) is 23.2 Å². The van der Waals surface area contributed by atoms with E-state index < -0.39 is 0 Å². The van der Waals surface area contributed by atoms with Crippen molar-refractivity contribution < 1.29 is 9.90 Å². The van der Waals surface area contributed by atoms with Crippen LogP contribution in [-0.4, -0.2) is 35.1 Å². The van der Waals surface area contributed by atoms with Gasteiger partial charge in [0, 0.05) is 23.5 Å². The van der Waals surface area contributed by atoms with Crippen molar-refractivity contribution in [2.24, 2.45) is 0 Å². The van der Waals surface area contributed by atoms with Gasteiger partial charge in [-0.3, -0.25) is 4.79 Å². The van der Waals surface area contributed by atoms with E-state index >= 15 is 0 Å². The molecule has 1 heterocycles. The number of β-amino-alcohol motifs (C(OH)–C–C–N with tert-alkyl or cyclic N) is 1. The summed E-state index contributed by atoms with van der Waals surface area (Å²) in [6, 6.07) is 7.19. The summed E-state index contributed by atoms with van der Waals surface area (Å²) in [5, 5.41) is 9.52. The number of thiol groups is 1. The van der Waals surface area contributed by atoms with Gasteiger partial charge < -0.3 is 10.0 Å². The standard InChI is InChI=1S/C12H15NO2S/c14-10-4-2-6-13(8-10)12(15)9-3-1-5-11(16)7-9/h1,3,5,7,10,14,16H,2,4,6,8H2. The quantitative estimate of drug-likeness (QED) is 0.728. The van der Waals surface area contributed by atoms with E-state index in [2.05, 4.69) is 12.6 Å². The highest BCUT2D eigenvalue weighted by molar-refractivity contribution is 7.80. The number of rotatable bonds is 1. The van der Waals surface area contributed by atoms with Gasteiger partial charge in [-0.1, -0.05) is 6.07 Å². The molecule has 1 fully saturated rings. The summed E-state index contributed by atoms with van der Waals surface area (Å²) in [6.45, 7) is 1.17. The Kier molecular flexibility index (Phi) is 3.51. The molecule has 2 rings (SSSR count). The minimum Gasteiger partial charge on any atom is -0.391 e. The van der Waals surface area contributed by atoms with Crippen LogP contribution in [0.15, 0.2) is 29.2 Å². The first-order valence-corrected chi connectivity index (χ1v) is 5.88. The molecule has 86 valence electrons. The maximum Gasteiger partial charge on any atom is 0.253 e. The Labute approximate surface area is 100 Å². The third-order valence-electron chi connectivity index (χ3n) is 2.78. The molecule has 0 spiro atoms. The minimum absolute atomic E-state index is 0.0188. The van der Waals surface area contributed by atoms with E-state index in [1.165, 1.54) is 0 Å². The number of piperidine rings is 1. The van der Waals surface area contributed by atoms with Crippen molar-refractivity contribution in [2.45, 2.75) is 23.8 Å². The zero-order valence-electron chi connectivity index (χ0n) is 8.97. The van der Waals surface area contributed by atoms with E-state index in [-0.39, 0.29) is 12.0 Å². The fourth-order valence-corrected chi connectivity index (χ4v) is 2.19. The van der Waals surface area contributed by atoms with Gasteiger partial charge in [0.25, 0.3) is 5.91 Å². The minimum atomic E-state index is -0.378. The van der Waals surface area contributed by atoms with Crippen molar-refractivity contribution in [1.29, 1.82) is 0 Å².